The second-order valence-corrected chi connectivity index (χ2v) is 5.48. The third-order valence-electron chi connectivity index (χ3n) is 3.14. The molecule has 0 saturated carbocycles. The molecule has 4 heteroatoms. The molecular weight excluding hydrogens is 220 g/mol. The number of piperazine rings is 1. The van der Waals surface area contributed by atoms with Crippen molar-refractivity contribution in [2.75, 3.05) is 25.9 Å². The molecule has 0 aromatic heterocycles. The van der Waals surface area contributed by atoms with Crippen molar-refractivity contribution in [2.24, 2.45) is 0 Å². The number of nitrogens with zero attached hydrogens (tertiary/aromatic N) is 2. The van der Waals surface area contributed by atoms with Crippen molar-refractivity contribution in [3.05, 3.63) is 0 Å². The van der Waals surface area contributed by atoms with E-state index >= 15 is 0 Å². The van der Waals surface area contributed by atoms with Gasteiger partial charge < -0.3 is 0 Å². The van der Waals surface area contributed by atoms with E-state index < -0.39 is 11.0 Å². The van der Waals surface area contributed by atoms with Crippen LogP contribution in [0.3, 0.4) is 0 Å². The number of rotatable bonds is 3. The molecule has 16 heavy (non-hydrogen) atoms. The minimum absolute atomic E-state index is 0.420. The maximum Gasteiger partial charge on any atom is 0.0914 e. The SMILES string of the molecule is CC.CCC(C)N1CCN(S(C)=O)C(C)C1. The van der Waals surface area contributed by atoms with Crippen LogP contribution in [0.2, 0.25) is 0 Å². The van der Waals surface area contributed by atoms with Crippen LogP contribution in [-0.2, 0) is 11.0 Å². The Bertz CT molecular complexity index is 211. The van der Waals surface area contributed by atoms with Gasteiger partial charge in [-0.3, -0.25) is 4.90 Å². The van der Waals surface area contributed by atoms with Crippen LogP contribution in [0.5, 0.6) is 0 Å². The van der Waals surface area contributed by atoms with E-state index in [0.29, 0.717) is 12.1 Å². The summed E-state index contributed by atoms with van der Waals surface area (Å²) in [6, 6.07) is 1.08. The zero-order valence-electron chi connectivity index (χ0n) is 11.7. The maximum absolute atomic E-state index is 11.4. The van der Waals surface area contributed by atoms with Crippen molar-refractivity contribution < 1.29 is 4.21 Å². The molecule has 0 aromatic rings. The minimum Gasteiger partial charge on any atom is -0.298 e. The molecule has 0 aromatic carbocycles. The van der Waals surface area contributed by atoms with E-state index in [1.807, 2.05) is 13.8 Å². The monoisotopic (exact) mass is 248 g/mol. The molecule has 3 unspecified atom stereocenters. The Morgan fingerprint density at radius 2 is 1.94 bits per heavy atom. The molecule has 0 spiro atoms. The fourth-order valence-electron chi connectivity index (χ4n) is 2.01. The van der Waals surface area contributed by atoms with Gasteiger partial charge in [0.05, 0.1) is 11.0 Å². The van der Waals surface area contributed by atoms with Gasteiger partial charge in [0.2, 0.25) is 0 Å². The highest BCUT2D eigenvalue weighted by Gasteiger charge is 2.27. The lowest BCUT2D eigenvalue weighted by molar-refractivity contribution is 0.111. The van der Waals surface area contributed by atoms with Crippen molar-refractivity contribution in [2.45, 2.75) is 53.1 Å². The molecule has 3 atom stereocenters. The first-order valence-electron chi connectivity index (χ1n) is 6.40. The van der Waals surface area contributed by atoms with Gasteiger partial charge in [0.15, 0.2) is 0 Å². The molecule has 1 aliphatic heterocycles. The predicted molar refractivity (Wildman–Crippen MR) is 72.9 cm³/mol. The summed E-state index contributed by atoms with van der Waals surface area (Å²) < 4.78 is 13.5. The molecule has 1 rings (SSSR count). The van der Waals surface area contributed by atoms with Gasteiger partial charge >= 0.3 is 0 Å². The first-order valence-corrected chi connectivity index (χ1v) is 7.92. The van der Waals surface area contributed by atoms with Crippen LogP contribution >= 0.6 is 0 Å². The lowest BCUT2D eigenvalue weighted by Gasteiger charge is -2.40. The molecule has 1 heterocycles. The second-order valence-electron chi connectivity index (χ2n) is 4.17. The fourth-order valence-corrected chi connectivity index (χ4v) is 2.92. The van der Waals surface area contributed by atoms with Gasteiger partial charge in [-0.1, -0.05) is 20.8 Å². The topological polar surface area (TPSA) is 23.6 Å². The Labute approximate surface area is 104 Å². The van der Waals surface area contributed by atoms with Gasteiger partial charge in [0.1, 0.15) is 0 Å². The average molecular weight is 248 g/mol. The Kier molecular flexibility index (Phi) is 8.24. The van der Waals surface area contributed by atoms with Crippen molar-refractivity contribution >= 4 is 11.0 Å². The highest BCUT2D eigenvalue weighted by molar-refractivity contribution is 7.81. The third-order valence-corrected chi connectivity index (χ3v) is 4.35. The van der Waals surface area contributed by atoms with Crippen molar-refractivity contribution in [3.63, 3.8) is 0 Å². The van der Waals surface area contributed by atoms with E-state index in [-0.39, 0.29) is 0 Å². The van der Waals surface area contributed by atoms with E-state index in [2.05, 4.69) is 30.0 Å². The van der Waals surface area contributed by atoms with Crippen LogP contribution in [0.1, 0.15) is 41.0 Å². The summed E-state index contributed by atoms with van der Waals surface area (Å²) in [5, 5.41) is 0. The summed E-state index contributed by atoms with van der Waals surface area (Å²) >= 11 is 0. The normalized spacial score (nSPS) is 26.8. The summed E-state index contributed by atoms with van der Waals surface area (Å²) in [6.07, 6.45) is 2.97. The Morgan fingerprint density at radius 3 is 2.31 bits per heavy atom. The molecule has 98 valence electrons. The lowest BCUT2D eigenvalue weighted by Crippen LogP contribution is -2.54. The van der Waals surface area contributed by atoms with Gasteiger partial charge in [0.25, 0.3) is 0 Å². The summed E-state index contributed by atoms with van der Waals surface area (Å²) in [5.41, 5.74) is 0. The predicted octanol–water partition coefficient (Wildman–Crippen LogP) is 2.11. The summed E-state index contributed by atoms with van der Waals surface area (Å²) in [5.74, 6) is 0. The zero-order chi connectivity index (χ0) is 12.7. The highest BCUT2D eigenvalue weighted by Crippen LogP contribution is 2.14. The van der Waals surface area contributed by atoms with Crippen LogP contribution in [-0.4, -0.2) is 51.4 Å². The van der Waals surface area contributed by atoms with Gasteiger partial charge in [-0.05, 0) is 20.3 Å². The lowest BCUT2D eigenvalue weighted by atomic mass is 10.1. The Morgan fingerprint density at radius 1 is 1.38 bits per heavy atom. The molecule has 1 aliphatic rings. The van der Waals surface area contributed by atoms with Crippen molar-refractivity contribution in [3.8, 4) is 0 Å². The molecule has 0 amide bonds. The summed E-state index contributed by atoms with van der Waals surface area (Å²) in [7, 11) is -0.806. The molecule has 0 bridgehead atoms. The second kappa shape index (κ2) is 8.20. The van der Waals surface area contributed by atoms with Gasteiger partial charge in [-0.25, -0.2) is 8.51 Å². The first-order chi connectivity index (χ1) is 7.56. The molecule has 0 N–H and O–H groups in total. The smallest absolute Gasteiger partial charge is 0.0914 e. The summed E-state index contributed by atoms with van der Waals surface area (Å²) in [6.45, 7) is 13.7. The van der Waals surface area contributed by atoms with E-state index in [1.165, 1.54) is 6.42 Å². The third kappa shape index (κ3) is 4.52. The standard InChI is InChI=1S/C10H22N2OS.C2H6/c1-5-9(2)11-6-7-12(14(4)13)10(3)8-11;1-2/h9-10H,5-8H2,1-4H3;1-2H3. The van der Waals surface area contributed by atoms with Crippen LogP contribution in [0.25, 0.3) is 0 Å². The molecular formula is C12H28N2OS. The molecule has 3 nitrogen and oxygen atoms in total. The first kappa shape index (κ1) is 16.1. The van der Waals surface area contributed by atoms with Crippen LogP contribution in [0, 0.1) is 0 Å². The van der Waals surface area contributed by atoms with Crippen LogP contribution in [0.15, 0.2) is 0 Å². The van der Waals surface area contributed by atoms with Gasteiger partial charge in [-0.15, -0.1) is 0 Å². The van der Waals surface area contributed by atoms with Gasteiger partial charge in [0, 0.05) is 38.0 Å². The molecule has 0 aliphatic carbocycles. The fraction of sp³-hybridized carbons (Fsp3) is 1.00. The Balaban J connectivity index is 0.00000106. The maximum atomic E-state index is 11.4. The molecule has 0 radical (unpaired) electrons. The number of hydrogen-bond acceptors (Lipinski definition) is 2. The van der Waals surface area contributed by atoms with E-state index in [9.17, 15) is 4.21 Å². The number of hydrogen-bond donors (Lipinski definition) is 0. The average Bonchev–Trinajstić information content (AvgIpc) is 2.30. The minimum atomic E-state index is -0.806. The molecule has 1 saturated heterocycles. The molecule has 1 fully saturated rings. The van der Waals surface area contributed by atoms with Crippen molar-refractivity contribution in [1.82, 2.24) is 9.21 Å². The summed E-state index contributed by atoms with van der Waals surface area (Å²) in [4.78, 5) is 2.49. The quantitative estimate of drug-likeness (QED) is 0.764. The van der Waals surface area contributed by atoms with Crippen molar-refractivity contribution in [1.29, 1.82) is 0 Å². The Hall–Kier alpha value is 0.0700. The van der Waals surface area contributed by atoms with Crippen LogP contribution in [0.4, 0.5) is 0 Å². The van der Waals surface area contributed by atoms with Gasteiger partial charge in [-0.2, -0.15) is 0 Å². The van der Waals surface area contributed by atoms with Crippen LogP contribution < -0.4 is 0 Å². The highest BCUT2D eigenvalue weighted by atomic mass is 32.2. The largest absolute Gasteiger partial charge is 0.298 e. The van der Waals surface area contributed by atoms with E-state index in [1.54, 1.807) is 6.26 Å². The zero-order valence-corrected chi connectivity index (χ0v) is 12.5. The van der Waals surface area contributed by atoms with E-state index in [0.717, 1.165) is 19.6 Å². The van der Waals surface area contributed by atoms with E-state index in [4.69, 9.17) is 0 Å².